The van der Waals surface area contributed by atoms with Crippen LogP contribution in [0.3, 0.4) is 0 Å². The highest BCUT2D eigenvalue weighted by Gasteiger charge is 2.19. The van der Waals surface area contributed by atoms with Crippen LogP contribution in [0.2, 0.25) is 5.02 Å². The number of esters is 1. The van der Waals surface area contributed by atoms with Crippen molar-refractivity contribution in [3.05, 3.63) is 26.4 Å². The molecule has 2 rings (SSSR count). The van der Waals surface area contributed by atoms with E-state index in [0.29, 0.717) is 10.6 Å². The summed E-state index contributed by atoms with van der Waals surface area (Å²) in [5.74, 6) is -0.414. The molecule has 0 bridgehead atoms. The lowest BCUT2D eigenvalue weighted by molar-refractivity contribution is 0.0601. The Morgan fingerprint density at radius 2 is 2.29 bits per heavy atom. The van der Waals surface area contributed by atoms with Gasteiger partial charge in [0.1, 0.15) is 0 Å². The number of benzene rings is 1. The minimum absolute atomic E-state index is 0.404. The highest BCUT2D eigenvalue weighted by atomic mass is 127. The van der Waals surface area contributed by atoms with Gasteiger partial charge in [0, 0.05) is 20.0 Å². The number of carbonyl (C=O) groups excluding carboxylic acids is 1. The van der Waals surface area contributed by atoms with Crippen LogP contribution in [0.25, 0.3) is 10.9 Å². The number of halogens is 2. The average Bonchev–Trinajstić information content (AvgIpc) is 2.77. The zero-order valence-corrected chi connectivity index (χ0v) is 12.9. The van der Waals surface area contributed by atoms with E-state index in [2.05, 4.69) is 27.6 Å². The van der Waals surface area contributed by atoms with Gasteiger partial charge >= 0.3 is 5.97 Å². The van der Waals surface area contributed by atoms with E-state index in [-0.39, 0.29) is 0 Å². The number of fused-ring (bicyclic) bond motifs is 1. The van der Waals surface area contributed by atoms with Crippen LogP contribution in [0.1, 0.15) is 10.4 Å². The largest absolute Gasteiger partial charge is 0.465 e. The molecule has 0 fully saturated rings. The van der Waals surface area contributed by atoms with Crippen LogP contribution in [0.15, 0.2) is 17.2 Å². The van der Waals surface area contributed by atoms with Crippen LogP contribution in [0.4, 0.5) is 0 Å². The highest BCUT2D eigenvalue weighted by Crippen LogP contribution is 2.37. The SMILES string of the molecule is COC(=O)c1cc(I)c2[nH]cc(SC)c2c1Cl. The predicted octanol–water partition coefficient (Wildman–Crippen LogP) is 3.93. The van der Waals surface area contributed by atoms with Crippen LogP contribution in [0, 0.1) is 3.57 Å². The molecule has 6 heteroatoms. The lowest BCUT2D eigenvalue weighted by Gasteiger charge is -2.06. The van der Waals surface area contributed by atoms with Crippen molar-refractivity contribution in [1.29, 1.82) is 0 Å². The third-order valence-corrected chi connectivity index (χ3v) is 4.44. The van der Waals surface area contributed by atoms with Crippen molar-refractivity contribution in [1.82, 2.24) is 4.98 Å². The van der Waals surface area contributed by atoms with E-state index >= 15 is 0 Å². The summed E-state index contributed by atoms with van der Waals surface area (Å²) in [4.78, 5) is 15.8. The molecular formula is C11H9ClINO2S. The number of H-pyrrole nitrogens is 1. The molecule has 0 saturated heterocycles. The molecule has 1 N–H and O–H groups in total. The van der Waals surface area contributed by atoms with E-state index in [9.17, 15) is 4.79 Å². The molecule has 1 heterocycles. The number of nitrogens with one attached hydrogen (secondary N) is 1. The molecule has 0 saturated carbocycles. The van der Waals surface area contributed by atoms with Gasteiger partial charge in [-0.3, -0.25) is 0 Å². The maximum atomic E-state index is 11.6. The van der Waals surface area contributed by atoms with Gasteiger partial charge in [-0.1, -0.05) is 11.6 Å². The van der Waals surface area contributed by atoms with Crippen LogP contribution in [-0.2, 0) is 4.74 Å². The first kappa shape index (κ1) is 13.0. The Bertz CT molecular complexity index is 597. The maximum Gasteiger partial charge on any atom is 0.339 e. The fraction of sp³-hybridized carbons (Fsp3) is 0.182. The molecule has 1 aromatic heterocycles. The van der Waals surface area contributed by atoms with Crippen molar-refractivity contribution in [3.8, 4) is 0 Å². The number of aromatic amines is 1. The second kappa shape index (κ2) is 5.07. The normalized spacial score (nSPS) is 10.8. The number of methoxy groups -OCH3 is 1. The fourth-order valence-corrected chi connectivity index (χ4v) is 3.33. The van der Waals surface area contributed by atoms with E-state index in [1.807, 2.05) is 12.5 Å². The first-order valence-corrected chi connectivity index (χ1v) is 7.39. The van der Waals surface area contributed by atoms with Gasteiger partial charge in [-0.15, -0.1) is 11.8 Å². The third-order valence-electron chi connectivity index (χ3n) is 2.44. The first-order chi connectivity index (χ1) is 8.10. The van der Waals surface area contributed by atoms with Crippen molar-refractivity contribution in [2.24, 2.45) is 0 Å². The Kier molecular flexibility index (Phi) is 3.89. The number of thioether (sulfide) groups is 1. The van der Waals surface area contributed by atoms with Gasteiger partial charge in [0.15, 0.2) is 0 Å². The van der Waals surface area contributed by atoms with Crippen LogP contribution in [0.5, 0.6) is 0 Å². The summed E-state index contributed by atoms with van der Waals surface area (Å²) in [5.41, 5.74) is 1.36. The molecule has 0 aliphatic rings. The highest BCUT2D eigenvalue weighted by molar-refractivity contribution is 14.1. The molecule has 90 valence electrons. The summed E-state index contributed by atoms with van der Waals surface area (Å²) in [6, 6.07) is 1.73. The molecule has 0 spiro atoms. The van der Waals surface area contributed by atoms with Gasteiger partial charge in [0.05, 0.1) is 23.2 Å². The molecule has 0 amide bonds. The summed E-state index contributed by atoms with van der Waals surface area (Å²) < 4.78 is 5.67. The van der Waals surface area contributed by atoms with Crippen LogP contribution in [-0.4, -0.2) is 24.3 Å². The zero-order chi connectivity index (χ0) is 12.6. The Morgan fingerprint density at radius 1 is 1.59 bits per heavy atom. The summed E-state index contributed by atoms with van der Waals surface area (Å²) in [6.45, 7) is 0. The third kappa shape index (κ3) is 2.15. The van der Waals surface area contributed by atoms with Crippen molar-refractivity contribution >= 4 is 62.8 Å². The molecular weight excluding hydrogens is 373 g/mol. The van der Waals surface area contributed by atoms with E-state index in [0.717, 1.165) is 19.4 Å². The lowest BCUT2D eigenvalue weighted by atomic mass is 10.1. The Balaban J connectivity index is 2.81. The Labute approximate surface area is 121 Å². The Hall–Kier alpha value is -0.400. The quantitative estimate of drug-likeness (QED) is 0.487. The topological polar surface area (TPSA) is 42.1 Å². The van der Waals surface area contributed by atoms with Crippen molar-refractivity contribution < 1.29 is 9.53 Å². The smallest absolute Gasteiger partial charge is 0.339 e. The standard InChI is InChI=1S/C11H9ClINO2S/c1-16-11(15)5-3-6(13)10-8(9(5)12)7(17-2)4-14-10/h3-4,14H,1-2H3. The van der Waals surface area contributed by atoms with Crippen molar-refractivity contribution in [2.45, 2.75) is 4.90 Å². The number of ether oxygens (including phenoxy) is 1. The van der Waals surface area contributed by atoms with E-state index < -0.39 is 5.97 Å². The van der Waals surface area contributed by atoms with Crippen LogP contribution >= 0.6 is 46.0 Å². The Morgan fingerprint density at radius 3 is 2.88 bits per heavy atom. The lowest BCUT2D eigenvalue weighted by Crippen LogP contribution is -2.03. The predicted molar refractivity (Wildman–Crippen MR) is 79.1 cm³/mol. The molecule has 17 heavy (non-hydrogen) atoms. The monoisotopic (exact) mass is 381 g/mol. The number of rotatable bonds is 2. The number of aromatic nitrogens is 1. The minimum atomic E-state index is -0.414. The first-order valence-electron chi connectivity index (χ1n) is 4.71. The van der Waals surface area contributed by atoms with Gasteiger partial charge in [-0.05, 0) is 34.9 Å². The van der Waals surface area contributed by atoms with Crippen molar-refractivity contribution in [2.75, 3.05) is 13.4 Å². The van der Waals surface area contributed by atoms with Gasteiger partial charge in [0.2, 0.25) is 0 Å². The van der Waals surface area contributed by atoms with Gasteiger partial charge in [-0.25, -0.2) is 4.79 Å². The summed E-state index contributed by atoms with van der Waals surface area (Å²) in [6.07, 6.45) is 3.86. The van der Waals surface area contributed by atoms with Gasteiger partial charge < -0.3 is 9.72 Å². The molecule has 2 aromatic rings. The van der Waals surface area contributed by atoms with Gasteiger partial charge in [0.25, 0.3) is 0 Å². The molecule has 0 unspecified atom stereocenters. The van der Waals surface area contributed by atoms with Crippen molar-refractivity contribution in [3.63, 3.8) is 0 Å². The molecule has 0 radical (unpaired) electrons. The fourth-order valence-electron chi connectivity index (χ4n) is 1.63. The van der Waals surface area contributed by atoms with E-state index in [1.165, 1.54) is 7.11 Å². The summed E-state index contributed by atoms with van der Waals surface area (Å²) in [5, 5.41) is 1.32. The molecule has 0 aliphatic heterocycles. The van der Waals surface area contributed by atoms with E-state index in [4.69, 9.17) is 16.3 Å². The second-order valence-corrected chi connectivity index (χ2v) is 5.71. The van der Waals surface area contributed by atoms with E-state index in [1.54, 1.807) is 17.8 Å². The van der Waals surface area contributed by atoms with Crippen LogP contribution < -0.4 is 0 Å². The number of hydrogen-bond donors (Lipinski definition) is 1. The minimum Gasteiger partial charge on any atom is -0.465 e. The molecule has 0 atom stereocenters. The maximum absolute atomic E-state index is 11.6. The zero-order valence-electron chi connectivity index (χ0n) is 9.14. The summed E-state index contributed by atoms with van der Waals surface area (Å²) in [7, 11) is 1.35. The second-order valence-electron chi connectivity index (χ2n) is 3.32. The summed E-state index contributed by atoms with van der Waals surface area (Å²) >= 11 is 10.0. The van der Waals surface area contributed by atoms with Gasteiger partial charge in [-0.2, -0.15) is 0 Å². The number of hydrogen-bond acceptors (Lipinski definition) is 3. The molecule has 0 aliphatic carbocycles. The average molecular weight is 382 g/mol. The molecule has 3 nitrogen and oxygen atoms in total. The number of carbonyl (C=O) groups is 1. The molecule has 1 aromatic carbocycles.